The lowest BCUT2D eigenvalue weighted by atomic mass is 10.00. The number of carbonyl (C=O) groups is 8. The van der Waals surface area contributed by atoms with Crippen LogP contribution >= 0.6 is 0 Å². The number of hydrogen-bond acceptors (Lipinski definition) is 18. The minimum atomic E-state index is -4.07. The van der Waals surface area contributed by atoms with Gasteiger partial charge in [0.1, 0.15) is 70.0 Å². The van der Waals surface area contributed by atoms with Crippen molar-refractivity contribution in [3.05, 3.63) is 59.9 Å². The monoisotopic (exact) mass is 1420 g/mol. The van der Waals surface area contributed by atoms with E-state index in [1.807, 2.05) is 55.0 Å². The molecule has 10 atom stereocenters. The topological polar surface area (TPSA) is 346 Å². The summed E-state index contributed by atoms with van der Waals surface area (Å²) in [5.74, 6) is -13.1. The Balaban J connectivity index is 0.000000218. The minimum Gasteiger partial charge on any atom is -0.479 e. The first-order valence-corrected chi connectivity index (χ1v) is 36.2. The largest absolute Gasteiger partial charge is 0.479 e. The van der Waals surface area contributed by atoms with Gasteiger partial charge in [-0.25, -0.2) is 60.3 Å². The van der Waals surface area contributed by atoms with Crippen molar-refractivity contribution in [3.8, 4) is 11.8 Å². The van der Waals surface area contributed by atoms with Crippen molar-refractivity contribution in [3.63, 3.8) is 0 Å². The first kappa shape index (κ1) is 74.4. The zero-order valence-electron chi connectivity index (χ0n) is 57.6. The van der Waals surface area contributed by atoms with Crippen LogP contribution in [0.3, 0.4) is 0 Å². The number of sulfonamides is 1. The lowest BCUT2D eigenvalue weighted by Crippen LogP contribution is -2.58. The number of rotatable bonds is 12. The van der Waals surface area contributed by atoms with Gasteiger partial charge in [-0.2, -0.15) is 0 Å². The quantitative estimate of drug-likeness (QED) is 0.0726. The number of alkyl halides is 4. The van der Waals surface area contributed by atoms with E-state index in [4.69, 9.17) is 18.9 Å². The summed E-state index contributed by atoms with van der Waals surface area (Å²) in [6.45, 7) is 13.6. The first-order chi connectivity index (χ1) is 47.0. The predicted molar refractivity (Wildman–Crippen MR) is 354 cm³/mol. The molecule has 0 radical (unpaired) electrons. The Bertz CT molecular complexity index is 3890. The molecule has 6 N–H and O–H groups in total. The second kappa shape index (κ2) is 29.4. The van der Waals surface area contributed by atoms with E-state index in [9.17, 15) is 60.7 Å². The summed E-state index contributed by atoms with van der Waals surface area (Å²) in [5, 5.41) is 19.7. The van der Waals surface area contributed by atoms with Gasteiger partial charge in [-0.3, -0.25) is 28.7 Å². The average molecular weight is 1420 g/mol. The van der Waals surface area contributed by atoms with Crippen molar-refractivity contribution in [2.75, 3.05) is 13.1 Å². The van der Waals surface area contributed by atoms with Gasteiger partial charge in [-0.15, -0.1) is 0 Å². The molecular formula is C69H91F4N11O15S. The maximum absolute atomic E-state index is 15.3. The molecule has 4 aliphatic heterocycles. The highest BCUT2D eigenvalue weighted by atomic mass is 32.2. The Labute approximate surface area is 577 Å². The van der Waals surface area contributed by atoms with Gasteiger partial charge in [0.05, 0.1) is 40.4 Å². The van der Waals surface area contributed by atoms with E-state index < -0.39 is 171 Å². The van der Waals surface area contributed by atoms with E-state index in [2.05, 4.69) is 41.2 Å². The standard InChI is InChI=1S/C36H48F2N6O8S.C33H43F2N5O7/c1-5-24-30(40-26-12-9-8-11-25(26)39-24)51-22-17-28-29(45)42-36(32(47)43-53(49,50)23-14-15-23)19-21(36)18-35(37,38)16-10-6-7-13-27(31(46)44(28)20-22)41-33(48)52-34(2,3)4;1-5-21-27(37-23-12-9-8-11-22(23)36-21)46-20-15-25-26(41)39-33(29(43)44)17-19(33)16-32(34,35)14-10-6-7-13-24(28(42)40(25)18-20)38-30(45)47-31(2,3)4/h8-9,11-12,21-23,27-28H,5-7,10,13-20H2,1-4H3,(H,41,48)(H,42,45)(H,43,47);8-9,11-12,19-20,24-25H,5-7,10,13-18H2,1-4H3,(H,38,45)(H,39,41)(H,43,44)/t21-,22-,27+,28+,36-;19-,20-,24+,25+,33-/m11/s1. The van der Waals surface area contributed by atoms with Gasteiger partial charge in [0.15, 0.2) is 0 Å². The molecule has 0 spiro atoms. The smallest absolute Gasteiger partial charge is 0.408 e. The van der Waals surface area contributed by atoms with E-state index in [0.29, 0.717) is 84.8 Å². The number of aliphatic carboxylic acids is 1. The van der Waals surface area contributed by atoms with Crippen molar-refractivity contribution in [1.82, 2.24) is 55.7 Å². The molecule has 4 saturated heterocycles. The second-order valence-electron chi connectivity index (χ2n) is 29.5. The number of halogens is 4. The molecule has 0 bridgehead atoms. The fraction of sp³-hybridized carbons (Fsp3) is 0.652. The maximum Gasteiger partial charge on any atom is 0.408 e. The molecule has 11 rings (SSSR count). The number of hydrogen-bond donors (Lipinski definition) is 6. The molecule has 6 heterocycles. The fourth-order valence-electron chi connectivity index (χ4n) is 13.7. The summed E-state index contributed by atoms with van der Waals surface area (Å²) in [5.41, 5.74) is -1.85. The molecule has 7 aliphatic rings. The van der Waals surface area contributed by atoms with Crippen LogP contribution < -0.4 is 35.5 Å². The molecule has 3 saturated carbocycles. The van der Waals surface area contributed by atoms with Crippen molar-refractivity contribution in [2.24, 2.45) is 11.8 Å². The van der Waals surface area contributed by atoms with Gasteiger partial charge < -0.3 is 55.1 Å². The van der Waals surface area contributed by atoms with Gasteiger partial charge in [-0.05, 0) is 136 Å². The number of carboxylic acids is 1. The molecule has 2 aromatic heterocycles. The van der Waals surface area contributed by atoms with Crippen molar-refractivity contribution < 1.29 is 88.4 Å². The lowest BCUT2D eigenvalue weighted by Gasteiger charge is -2.30. The molecule has 3 aliphatic carbocycles. The fourth-order valence-corrected chi connectivity index (χ4v) is 15.1. The second-order valence-corrected chi connectivity index (χ2v) is 31.5. The van der Waals surface area contributed by atoms with E-state index in [1.165, 1.54) is 9.80 Å². The zero-order valence-corrected chi connectivity index (χ0v) is 58.5. The number of amides is 7. The van der Waals surface area contributed by atoms with Crippen molar-refractivity contribution in [2.45, 2.75) is 260 Å². The highest BCUT2D eigenvalue weighted by Gasteiger charge is 2.66. The van der Waals surface area contributed by atoms with Crippen LogP contribution in [0, 0.1) is 11.8 Å². The summed E-state index contributed by atoms with van der Waals surface area (Å²) < 4.78 is 111. The molecule has 31 heteroatoms. The SMILES string of the molecule is CCc1nc2ccccc2nc1O[C@@H]1C[C@H]2C(=O)N[C@]3(C(=O)NS(=O)(=O)C4CC4)C[C@H]3CC(F)(F)CCCCC[C@H](NC(=O)OC(C)(C)C)C(=O)N2C1.CCc1nc2ccccc2nc1O[C@@H]1C[C@H]2C(=O)N[C@]3(C(=O)O)C[C@H]3CC(F)(F)CCCCC[C@H](NC(=O)OC(C)(C)C)C(=O)N2C1. The van der Waals surface area contributed by atoms with E-state index in [0.717, 1.165) is 0 Å². The van der Waals surface area contributed by atoms with E-state index in [-0.39, 0.29) is 76.2 Å². The summed E-state index contributed by atoms with van der Waals surface area (Å²) in [7, 11) is -4.07. The highest BCUT2D eigenvalue weighted by Crippen LogP contribution is 2.53. The number of para-hydroxylation sites is 4. The van der Waals surface area contributed by atoms with Gasteiger partial charge >= 0.3 is 18.2 Å². The number of fused-ring (bicyclic) bond motifs is 6. The Morgan fingerprint density at radius 3 is 1.36 bits per heavy atom. The summed E-state index contributed by atoms with van der Waals surface area (Å²) in [6, 6.07) is 9.76. The van der Waals surface area contributed by atoms with Crippen LogP contribution in [0.25, 0.3) is 22.1 Å². The van der Waals surface area contributed by atoms with Gasteiger partial charge in [0.2, 0.25) is 57.3 Å². The number of ether oxygens (including phenoxy) is 4. The van der Waals surface area contributed by atoms with Crippen LogP contribution in [0.4, 0.5) is 27.2 Å². The van der Waals surface area contributed by atoms with Crippen LogP contribution in [-0.4, -0.2) is 180 Å². The molecule has 26 nitrogen and oxygen atoms in total. The van der Waals surface area contributed by atoms with Crippen molar-refractivity contribution >= 4 is 79.8 Å². The third kappa shape index (κ3) is 18.1. The van der Waals surface area contributed by atoms with Crippen molar-refractivity contribution in [1.29, 1.82) is 0 Å². The lowest BCUT2D eigenvalue weighted by molar-refractivity contribution is -0.146. The number of alkyl carbamates (subject to hydrolysis) is 2. The summed E-state index contributed by atoms with van der Waals surface area (Å²) in [6.07, 6.45) is -2.51. The molecular weight excluding hydrogens is 1330 g/mol. The number of aryl methyl sites for hydroxylation is 2. The van der Waals surface area contributed by atoms with Crippen LogP contribution in [0.2, 0.25) is 0 Å². The van der Waals surface area contributed by atoms with Crippen LogP contribution in [0.1, 0.15) is 182 Å². The Hall–Kier alpha value is -8.25. The number of carboxylic acid groups (broad SMARTS) is 1. The predicted octanol–water partition coefficient (Wildman–Crippen LogP) is 8.29. The molecule has 7 fully saturated rings. The number of nitrogens with one attached hydrogen (secondary N) is 5. The number of carbonyl (C=O) groups excluding carboxylic acids is 7. The van der Waals surface area contributed by atoms with Crippen LogP contribution in [-0.2, 0) is 61.1 Å². The van der Waals surface area contributed by atoms with Gasteiger partial charge in [-0.1, -0.05) is 63.8 Å². The maximum atomic E-state index is 15.3. The number of aromatic nitrogens is 4. The highest BCUT2D eigenvalue weighted by molar-refractivity contribution is 7.91. The molecule has 100 heavy (non-hydrogen) atoms. The minimum absolute atomic E-state index is 0.0229. The molecule has 546 valence electrons. The third-order valence-corrected chi connectivity index (χ3v) is 21.0. The van der Waals surface area contributed by atoms with E-state index in [1.54, 1.807) is 53.7 Å². The summed E-state index contributed by atoms with van der Waals surface area (Å²) in [4.78, 5) is 130. The summed E-state index contributed by atoms with van der Waals surface area (Å²) >= 11 is 0. The Morgan fingerprint density at radius 2 is 0.970 bits per heavy atom. The molecule has 2 aromatic carbocycles. The average Bonchev–Trinajstić information content (AvgIpc) is 1.57. The van der Waals surface area contributed by atoms with E-state index >= 15 is 8.78 Å². The number of nitrogens with zero attached hydrogens (tertiary/aromatic N) is 6. The van der Waals surface area contributed by atoms with Crippen LogP contribution in [0.15, 0.2) is 48.5 Å². The Kier molecular flexibility index (Phi) is 21.9. The third-order valence-electron chi connectivity index (χ3n) is 19.2. The zero-order chi connectivity index (χ0) is 72.5. The molecule has 0 unspecified atom stereocenters. The number of benzene rings is 2. The Morgan fingerprint density at radius 1 is 0.580 bits per heavy atom. The van der Waals surface area contributed by atoms with Gasteiger partial charge in [0, 0.05) is 44.4 Å². The van der Waals surface area contributed by atoms with Crippen LogP contribution in [0.5, 0.6) is 11.8 Å². The normalized spacial score (nSPS) is 28.2. The first-order valence-electron chi connectivity index (χ1n) is 34.6. The van der Waals surface area contributed by atoms with Gasteiger partial charge in [0.25, 0.3) is 5.91 Å². The molecule has 4 aromatic rings. The molecule has 7 amide bonds.